The van der Waals surface area contributed by atoms with Gasteiger partial charge in [-0.15, -0.1) is 0 Å². The summed E-state index contributed by atoms with van der Waals surface area (Å²) in [5, 5.41) is 8.27. The monoisotopic (exact) mass is 312 g/mol. The number of nitrogens with one attached hydrogen (secondary N) is 3. The highest BCUT2D eigenvalue weighted by Crippen LogP contribution is 2.23. The number of rotatable bonds is 8. The number of urea groups is 1. The minimum Gasteiger partial charge on any atom is -0.355 e. The van der Waals surface area contributed by atoms with Crippen LogP contribution in [0.2, 0.25) is 0 Å². The zero-order valence-electron chi connectivity index (χ0n) is 14.3. The molecule has 0 radical (unpaired) electrons. The van der Waals surface area contributed by atoms with Gasteiger partial charge in [-0.3, -0.25) is 9.69 Å². The Morgan fingerprint density at radius 2 is 1.59 bits per heavy atom. The average molecular weight is 312 g/mol. The maximum absolute atomic E-state index is 11.7. The van der Waals surface area contributed by atoms with Crippen molar-refractivity contribution in [2.24, 2.45) is 0 Å². The first kappa shape index (κ1) is 18.7. The van der Waals surface area contributed by atoms with Gasteiger partial charge in [-0.2, -0.15) is 0 Å². The molecule has 0 aromatic heterocycles. The molecule has 0 aliphatic heterocycles. The van der Waals surface area contributed by atoms with Crippen LogP contribution in [-0.4, -0.2) is 55.1 Å². The fourth-order valence-electron chi connectivity index (χ4n) is 3.05. The van der Waals surface area contributed by atoms with Crippen LogP contribution in [0.25, 0.3) is 0 Å². The second kappa shape index (κ2) is 10.4. The molecule has 0 bridgehead atoms. The SMILES string of the molecule is CC(=O)NCCNC(=O)NCCN(C(C)C)C1CCCCC1. The van der Waals surface area contributed by atoms with Crippen molar-refractivity contribution < 1.29 is 9.59 Å². The van der Waals surface area contributed by atoms with E-state index in [1.54, 1.807) is 0 Å². The highest BCUT2D eigenvalue weighted by Gasteiger charge is 2.22. The molecule has 3 N–H and O–H groups in total. The fraction of sp³-hybridized carbons (Fsp3) is 0.875. The first-order valence-corrected chi connectivity index (χ1v) is 8.52. The molecule has 1 rings (SSSR count). The quantitative estimate of drug-likeness (QED) is 0.594. The molecule has 1 aliphatic rings. The van der Waals surface area contributed by atoms with Crippen molar-refractivity contribution in [3.63, 3.8) is 0 Å². The summed E-state index contributed by atoms with van der Waals surface area (Å²) in [6, 6.07) is 1.00. The molecule has 6 heteroatoms. The molecule has 22 heavy (non-hydrogen) atoms. The van der Waals surface area contributed by atoms with Crippen LogP contribution >= 0.6 is 0 Å². The van der Waals surface area contributed by atoms with E-state index in [9.17, 15) is 9.59 Å². The number of amides is 3. The van der Waals surface area contributed by atoms with Crippen LogP contribution in [0.1, 0.15) is 52.9 Å². The van der Waals surface area contributed by atoms with Crippen LogP contribution in [0.3, 0.4) is 0 Å². The maximum Gasteiger partial charge on any atom is 0.314 e. The van der Waals surface area contributed by atoms with Gasteiger partial charge in [0.15, 0.2) is 0 Å². The topological polar surface area (TPSA) is 73.5 Å². The van der Waals surface area contributed by atoms with Crippen molar-refractivity contribution in [1.29, 1.82) is 0 Å². The largest absolute Gasteiger partial charge is 0.355 e. The molecule has 3 amide bonds. The second-order valence-electron chi connectivity index (χ2n) is 6.29. The average Bonchev–Trinajstić information content (AvgIpc) is 2.48. The normalized spacial score (nSPS) is 15.9. The lowest BCUT2D eigenvalue weighted by Gasteiger charge is -2.37. The molecule has 128 valence electrons. The lowest BCUT2D eigenvalue weighted by atomic mass is 9.93. The van der Waals surface area contributed by atoms with E-state index in [1.165, 1.54) is 39.0 Å². The number of carbonyl (C=O) groups excluding carboxylic acids is 2. The van der Waals surface area contributed by atoms with Crippen molar-refractivity contribution in [3.8, 4) is 0 Å². The molecular weight excluding hydrogens is 280 g/mol. The fourth-order valence-corrected chi connectivity index (χ4v) is 3.05. The third-order valence-electron chi connectivity index (χ3n) is 4.15. The van der Waals surface area contributed by atoms with Crippen LogP contribution in [0.4, 0.5) is 4.79 Å². The molecule has 1 aliphatic carbocycles. The van der Waals surface area contributed by atoms with Gasteiger partial charge in [-0.05, 0) is 26.7 Å². The smallest absolute Gasteiger partial charge is 0.314 e. The molecule has 0 saturated heterocycles. The third kappa shape index (κ3) is 7.64. The second-order valence-corrected chi connectivity index (χ2v) is 6.29. The van der Waals surface area contributed by atoms with Gasteiger partial charge in [0.05, 0.1) is 0 Å². The van der Waals surface area contributed by atoms with Crippen LogP contribution in [0.15, 0.2) is 0 Å². The Bertz CT molecular complexity index is 341. The van der Waals surface area contributed by atoms with Gasteiger partial charge in [0.2, 0.25) is 5.91 Å². The van der Waals surface area contributed by atoms with Gasteiger partial charge in [0, 0.05) is 45.2 Å². The van der Waals surface area contributed by atoms with E-state index in [2.05, 4.69) is 34.7 Å². The van der Waals surface area contributed by atoms with Crippen molar-refractivity contribution in [3.05, 3.63) is 0 Å². The van der Waals surface area contributed by atoms with E-state index in [0.29, 0.717) is 31.7 Å². The van der Waals surface area contributed by atoms with E-state index >= 15 is 0 Å². The Hall–Kier alpha value is -1.30. The van der Waals surface area contributed by atoms with E-state index in [0.717, 1.165) is 6.54 Å². The predicted octanol–water partition coefficient (Wildman–Crippen LogP) is 1.46. The van der Waals surface area contributed by atoms with E-state index < -0.39 is 0 Å². The zero-order chi connectivity index (χ0) is 16.4. The van der Waals surface area contributed by atoms with Gasteiger partial charge in [0.1, 0.15) is 0 Å². The van der Waals surface area contributed by atoms with Crippen LogP contribution in [0.5, 0.6) is 0 Å². The Kier molecular flexibility index (Phi) is 8.89. The minimum absolute atomic E-state index is 0.0812. The lowest BCUT2D eigenvalue weighted by molar-refractivity contribution is -0.118. The van der Waals surface area contributed by atoms with Crippen LogP contribution in [-0.2, 0) is 4.79 Å². The molecule has 0 spiro atoms. The zero-order valence-corrected chi connectivity index (χ0v) is 14.3. The molecule has 6 nitrogen and oxygen atoms in total. The molecule has 0 aromatic rings. The van der Waals surface area contributed by atoms with Gasteiger partial charge in [-0.1, -0.05) is 19.3 Å². The van der Waals surface area contributed by atoms with Gasteiger partial charge in [-0.25, -0.2) is 4.79 Å². The minimum atomic E-state index is -0.169. The van der Waals surface area contributed by atoms with Crippen molar-refractivity contribution in [2.45, 2.75) is 65.0 Å². The summed E-state index contributed by atoms with van der Waals surface area (Å²) >= 11 is 0. The summed E-state index contributed by atoms with van der Waals surface area (Å²) in [6.45, 7) is 8.36. The van der Waals surface area contributed by atoms with Crippen LogP contribution in [0, 0.1) is 0 Å². The standard InChI is InChI=1S/C16H32N4O2/c1-13(2)20(15-7-5-4-6-8-15)12-11-19-16(22)18-10-9-17-14(3)21/h13,15H,4-12H2,1-3H3,(H,17,21)(H2,18,19,22). The Labute approximate surface area is 134 Å². The first-order chi connectivity index (χ1) is 10.5. The molecular formula is C16H32N4O2. The highest BCUT2D eigenvalue weighted by molar-refractivity contribution is 5.74. The summed E-state index contributed by atoms with van der Waals surface area (Å²) in [5.41, 5.74) is 0. The molecule has 1 fully saturated rings. The summed E-state index contributed by atoms with van der Waals surface area (Å²) < 4.78 is 0. The van der Waals surface area contributed by atoms with E-state index in [-0.39, 0.29) is 11.9 Å². The summed E-state index contributed by atoms with van der Waals surface area (Å²) in [4.78, 5) is 24.9. The predicted molar refractivity (Wildman–Crippen MR) is 88.8 cm³/mol. The molecule has 0 aromatic carbocycles. The maximum atomic E-state index is 11.7. The third-order valence-corrected chi connectivity index (χ3v) is 4.15. The Morgan fingerprint density at radius 3 is 2.18 bits per heavy atom. The van der Waals surface area contributed by atoms with Gasteiger partial charge in [0.25, 0.3) is 0 Å². The van der Waals surface area contributed by atoms with Crippen molar-refractivity contribution in [2.75, 3.05) is 26.2 Å². The number of hydrogen-bond acceptors (Lipinski definition) is 3. The first-order valence-electron chi connectivity index (χ1n) is 8.52. The lowest BCUT2D eigenvalue weighted by Crippen LogP contribution is -2.47. The van der Waals surface area contributed by atoms with E-state index in [1.807, 2.05) is 0 Å². The van der Waals surface area contributed by atoms with Crippen molar-refractivity contribution in [1.82, 2.24) is 20.9 Å². The van der Waals surface area contributed by atoms with Gasteiger partial charge >= 0.3 is 6.03 Å². The van der Waals surface area contributed by atoms with E-state index in [4.69, 9.17) is 0 Å². The Morgan fingerprint density at radius 1 is 1.00 bits per heavy atom. The summed E-state index contributed by atoms with van der Waals surface area (Å²) in [6.07, 6.45) is 6.56. The number of hydrogen-bond donors (Lipinski definition) is 3. The van der Waals surface area contributed by atoms with Crippen LogP contribution < -0.4 is 16.0 Å². The molecule has 0 heterocycles. The molecule has 0 unspecified atom stereocenters. The number of carbonyl (C=O) groups is 2. The van der Waals surface area contributed by atoms with Crippen molar-refractivity contribution >= 4 is 11.9 Å². The summed E-state index contributed by atoms with van der Waals surface area (Å²) in [7, 11) is 0. The Balaban J connectivity index is 2.19. The highest BCUT2D eigenvalue weighted by atomic mass is 16.2. The number of nitrogens with zero attached hydrogens (tertiary/aromatic N) is 1. The van der Waals surface area contributed by atoms with Gasteiger partial charge < -0.3 is 16.0 Å². The molecule has 1 saturated carbocycles. The summed E-state index contributed by atoms with van der Waals surface area (Å²) in [5.74, 6) is -0.0812. The molecule has 0 atom stereocenters.